The Hall–Kier alpha value is -0.810. The van der Waals surface area contributed by atoms with Gasteiger partial charge in [0.2, 0.25) is 0 Å². The fraction of sp³-hybridized carbons (Fsp3) is 0.600. The van der Waals surface area contributed by atoms with Crippen LogP contribution in [0.4, 0.5) is 0 Å². The third kappa shape index (κ3) is 5.63. The molecule has 0 bridgehead atoms. The SMILES string of the molecule is COC(=O)CC(N)C(=O)O.Cl. The van der Waals surface area contributed by atoms with E-state index < -0.39 is 18.0 Å². The van der Waals surface area contributed by atoms with Gasteiger partial charge in [0, 0.05) is 0 Å². The fourth-order valence-corrected chi connectivity index (χ4v) is 0.350. The first-order valence-electron chi connectivity index (χ1n) is 2.63. The molecule has 0 aromatic rings. The Labute approximate surface area is 69.9 Å². The van der Waals surface area contributed by atoms with Crippen LogP contribution in [0.1, 0.15) is 6.42 Å². The topological polar surface area (TPSA) is 89.6 Å². The summed E-state index contributed by atoms with van der Waals surface area (Å²) >= 11 is 0. The maximum absolute atomic E-state index is 10.4. The minimum absolute atomic E-state index is 0. The van der Waals surface area contributed by atoms with E-state index in [1.54, 1.807) is 0 Å². The van der Waals surface area contributed by atoms with Crippen LogP contribution in [0.3, 0.4) is 0 Å². The third-order valence-corrected chi connectivity index (χ3v) is 0.931. The summed E-state index contributed by atoms with van der Waals surface area (Å²) in [5, 5.41) is 8.19. The van der Waals surface area contributed by atoms with Crippen molar-refractivity contribution in [3.63, 3.8) is 0 Å². The zero-order valence-corrected chi connectivity index (χ0v) is 6.76. The van der Waals surface area contributed by atoms with Crippen LogP contribution in [-0.4, -0.2) is 30.2 Å². The number of carboxylic acid groups (broad SMARTS) is 1. The van der Waals surface area contributed by atoms with Gasteiger partial charge in [-0.15, -0.1) is 12.4 Å². The maximum atomic E-state index is 10.4. The molecule has 1 unspecified atom stereocenters. The lowest BCUT2D eigenvalue weighted by Crippen LogP contribution is -2.32. The van der Waals surface area contributed by atoms with Gasteiger partial charge in [-0.2, -0.15) is 0 Å². The second-order valence-corrected chi connectivity index (χ2v) is 1.72. The van der Waals surface area contributed by atoms with Crippen molar-refractivity contribution in [2.24, 2.45) is 5.73 Å². The van der Waals surface area contributed by atoms with Crippen molar-refractivity contribution >= 4 is 24.3 Å². The number of esters is 1. The van der Waals surface area contributed by atoms with Gasteiger partial charge < -0.3 is 15.6 Å². The van der Waals surface area contributed by atoms with Crippen LogP contribution in [0.5, 0.6) is 0 Å². The molecule has 1 atom stereocenters. The number of methoxy groups -OCH3 is 1. The lowest BCUT2D eigenvalue weighted by molar-refractivity contribution is -0.146. The van der Waals surface area contributed by atoms with Gasteiger partial charge in [-0.25, -0.2) is 0 Å². The van der Waals surface area contributed by atoms with E-state index in [1.807, 2.05) is 0 Å². The fourth-order valence-electron chi connectivity index (χ4n) is 0.350. The Kier molecular flexibility index (Phi) is 6.92. The molecule has 0 amide bonds. The molecule has 0 heterocycles. The molecule has 66 valence electrons. The number of nitrogens with two attached hydrogens (primary N) is 1. The summed E-state index contributed by atoms with van der Waals surface area (Å²) in [6.45, 7) is 0. The van der Waals surface area contributed by atoms with Crippen molar-refractivity contribution in [1.29, 1.82) is 0 Å². The minimum Gasteiger partial charge on any atom is -0.480 e. The van der Waals surface area contributed by atoms with Gasteiger partial charge in [0.05, 0.1) is 13.5 Å². The molecule has 5 nitrogen and oxygen atoms in total. The van der Waals surface area contributed by atoms with E-state index in [4.69, 9.17) is 10.8 Å². The average molecular weight is 184 g/mol. The lowest BCUT2D eigenvalue weighted by Gasteiger charge is -2.02. The number of ether oxygens (including phenoxy) is 1. The highest BCUT2D eigenvalue weighted by Crippen LogP contribution is 1.89. The number of carboxylic acids is 1. The van der Waals surface area contributed by atoms with Crippen LogP contribution in [0.2, 0.25) is 0 Å². The smallest absolute Gasteiger partial charge is 0.321 e. The van der Waals surface area contributed by atoms with E-state index in [0.717, 1.165) is 0 Å². The molecule has 6 heteroatoms. The van der Waals surface area contributed by atoms with Gasteiger partial charge in [-0.05, 0) is 0 Å². The molecule has 0 rings (SSSR count). The molecular formula is C5H10ClNO4. The number of hydrogen-bond donors (Lipinski definition) is 2. The monoisotopic (exact) mass is 183 g/mol. The number of carbonyl (C=O) groups excluding carboxylic acids is 1. The zero-order valence-electron chi connectivity index (χ0n) is 5.94. The van der Waals surface area contributed by atoms with E-state index in [1.165, 1.54) is 7.11 Å². The summed E-state index contributed by atoms with van der Waals surface area (Å²) in [5.74, 6) is -1.82. The lowest BCUT2D eigenvalue weighted by atomic mass is 10.2. The second kappa shape index (κ2) is 5.94. The number of aliphatic carboxylic acids is 1. The summed E-state index contributed by atoms with van der Waals surface area (Å²) in [6, 6.07) is -1.16. The zero-order chi connectivity index (χ0) is 8.15. The molecule has 0 aromatic heterocycles. The molecule has 0 aliphatic carbocycles. The highest BCUT2D eigenvalue weighted by Gasteiger charge is 2.15. The molecule has 0 aromatic carbocycles. The first kappa shape index (κ1) is 12.8. The van der Waals surface area contributed by atoms with Crippen LogP contribution in [0, 0.1) is 0 Å². The van der Waals surface area contributed by atoms with Gasteiger partial charge in [-0.3, -0.25) is 9.59 Å². The van der Waals surface area contributed by atoms with Gasteiger partial charge >= 0.3 is 11.9 Å². The maximum Gasteiger partial charge on any atom is 0.321 e. The summed E-state index contributed by atoms with van der Waals surface area (Å²) < 4.78 is 4.19. The second-order valence-electron chi connectivity index (χ2n) is 1.72. The molecule has 0 fully saturated rings. The summed E-state index contributed by atoms with van der Waals surface area (Å²) in [5.41, 5.74) is 4.99. The standard InChI is InChI=1S/C5H9NO4.ClH/c1-10-4(7)2-3(6)5(8)9;/h3H,2,6H2,1H3,(H,8,9);1H. The normalized spacial score (nSPS) is 11.1. The summed E-state index contributed by atoms with van der Waals surface area (Å²) in [6.07, 6.45) is -0.286. The van der Waals surface area contributed by atoms with E-state index in [2.05, 4.69) is 4.74 Å². The van der Waals surface area contributed by atoms with Crippen molar-refractivity contribution in [2.45, 2.75) is 12.5 Å². The van der Waals surface area contributed by atoms with Gasteiger partial charge in [0.25, 0.3) is 0 Å². The Bertz CT molecular complexity index is 149. The van der Waals surface area contributed by atoms with Crippen molar-refractivity contribution in [2.75, 3.05) is 7.11 Å². The van der Waals surface area contributed by atoms with E-state index in [0.29, 0.717) is 0 Å². The number of hydrogen-bond acceptors (Lipinski definition) is 4. The summed E-state index contributed by atoms with van der Waals surface area (Å²) in [7, 11) is 1.18. The van der Waals surface area contributed by atoms with Crippen LogP contribution >= 0.6 is 12.4 Å². The first-order valence-corrected chi connectivity index (χ1v) is 2.63. The van der Waals surface area contributed by atoms with Crippen LogP contribution in [-0.2, 0) is 14.3 Å². The quantitative estimate of drug-likeness (QED) is 0.570. The molecular weight excluding hydrogens is 174 g/mol. The van der Waals surface area contributed by atoms with Gasteiger partial charge in [-0.1, -0.05) is 0 Å². The Morgan fingerprint density at radius 1 is 1.64 bits per heavy atom. The highest BCUT2D eigenvalue weighted by atomic mass is 35.5. The molecule has 0 aliphatic rings. The molecule has 0 saturated heterocycles. The molecule has 0 saturated carbocycles. The van der Waals surface area contributed by atoms with E-state index >= 15 is 0 Å². The van der Waals surface area contributed by atoms with E-state index in [9.17, 15) is 9.59 Å². The van der Waals surface area contributed by atoms with Gasteiger partial charge in [0.15, 0.2) is 0 Å². The molecule has 0 radical (unpaired) electrons. The van der Waals surface area contributed by atoms with Crippen LogP contribution < -0.4 is 5.73 Å². The van der Waals surface area contributed by atoms with Crippen LogP contribution in [0.25, 0.3) is 0 Å². The Morgan fingerprint density at radius 3 is 2.36 bits per heavy atom. The van der Waals surface area contributed by atoms with E-state index in [-0.39, 0.29) is 18.8 Å². The van der Waals surface area contributed by atoms with Crippen molar-refractivity contribution < 1.29 is 19.4 Å². The number of rotatable bonds is 3. The Balaban J connectivity index is 0. The molecule has 0 spiro atoms. The molecule has 3 N–H and O–H groups in total. The highest BCUT2D eigenvalue weighted by molar-refractivity contribution is 5.85. The third-order valence-electron chi connectivity index (χ3n) is 0.931. The Morgan fingerprint density at radius 2 is 2.09 bits per heavy atom. The van der Waals surface area contributed by atoms with Gasteiger partial charge in [0.1, 0.15) is 6.04 Å². The minimum atomic E-state index is -1.20. The number of carbonyl (C=O) groups is 2. The first-order chi connectivity index (χ1) is 4.57. The molecule has 0 aliphatic heterocycles. The van der Waals surface area contributed by atoms with Crippen molar-refractivity contribution in [3.8, 4) is 0 Å². The summed E-state index contributed by atoms with van der Waals surface area (Å²) in [4.78, 5) is 20.4. The largest absolute Gasteiger partial charge is 0.480 e. The van der Waals surface area contributed by atoms with Crippen LogP contribution in [0.15, 0.2) is 0 Å². The predicted molar refractivity (Wildman–Crippen MR) is 39.5 cm³/mol. The van der Waals surface area contributed by atoms with Crippen molar-refractivity contribution in [3.05, 3.63) is 0 Å². The average Bonchev–Trinajstić information content (AvgIpc) is 1.87. The predicted octanol–water partition coefficient (Wildman–Crippen LogP) is -0.617. The number of halogens is 1. The van der Waals surface area contributed by atoms with Crippen molar-refractivity contribution in [1.82, 2.24) is 0 Å². The molecule has 11 heavy (non-hydrogen) atoms.